The molecule has 0 bridgehead atoms. The van der Waals surface area contributed by atoms with Crippen LogP contribution in [-0.2, 0) is 0 Å². The molecule has 0 atom stereocenters. The summed E-state index contributed by atoms with van der Waals surface area (Å²) in [4.78, 5) is 26.4. The Labute approximate surface area is 125 Å². The normalized spacial score (nSPS) is 10.2. The van der Waals surface area contributed by atoms with Crippen LogP contribution in [-0.4, -0.2) is 26.6 Å². The first kappa shape index (κ1) is 13.6. The van der Waals surface area contributed by atoms with Crippen LogP contribution in [0.25, 0.3) is 5.69 Å². The van der Waals surface area contributed by atoms with Crippen LogP contribution in [0.5, 0.6) is 0 Å². The second-order valence-corrected chi connectivity index (χ2v) is 4.47. The molecule has 1 aromatic carbocycles. The number of hydrogen-bond donors (Lipinski definition) is 3. The van der Waals surface area contributed by atoms with Crippen LogP contribution in [0.15, 0.2) is 60.9 Å². The average Bonchev–Trinajstić information content (AvgIpc) is 3.24. The molecule has 2 heterocycles. The zero-order valence-electron chi connectivity index (χ0n) is 11.5. The molecule has 0 spiro atoms. The van der Waals surface area contributed by atoms with Gasteiger partial charge in [0.05, 0.1) is 5.69 Å². The van der Waals surface area contributed by atoms with Gasteiger partial charge in [-0.15, -0.1) is 0 Å². The summed E-state index contributed by atoms with van der Waals surface area (Å²) in [7, 11) is 0. The Bertz CT molecular complexity index is 777. The minimum absolute atomic E-state index is 0.204. The second kappa shape index (κ2) is 5.96. The number of hydrogen-bond acceptors (Lipinski definition) is 3. The fourth-order valence-corrected chi connectivity index (χ4v) is 1.89. The van der Waals surface area contributed by atoms with Crippen LogP contribution in [0.2, 0.25) is 0 Å². The van der Waals surface area contributed by atoms with Crippen molar-refractivity contribution >= 4 is 11.8 Å². The van der Waals surface area contributed by atoms with E-state index < -0.39 is 11.8 Å². The lowest BCUT2D eigenvalue weighted by atomic mass is 10.3. The van der Waals surface area contributed by atoms with Crippen molar-refractivity contribution in [2.75, 3.05) is 0 Å². The number of amides is 2. The molecule has 22 heavy (non-hydrogen) atoms. The van der Waals surface area contributed by atoms with E-state index in [1.54, 1.807) is 35.3 Å². The monoisotopic (exact) mass is 295 g/mol. The Hall–Kier alpha value is -3.35. The molecular formula is C15H13N5O2. The van der Waals surface area contributed by atoms with Gasteiger partial charge in [0.1, 0.15) is 5.69 Å². The molecule has 0 aliphatic carbocycles. The molecular weight excluding hydrogens is 282 g/mol. The van der Waals surface area contributed by atoms with Gasteiger partial charge >= 0.3 is 0 Å². The second-order valence-electron chi connectivity index (χ2n) is 4.47. The third-order valence-corrected chi connectivity index (χ3v) is 2.97. The lowest BCUT2D eigenvalue weighted by Crippen LogP contribution is -2.42. The molecule has 3 N–H and O–H groups in total. The van der Waals surface area contributed by atoms with E-state index in [4.69, 9.17) is 0 Å². The SMILES string of the molecule is O=C(NNC(=O)c1ccc[nH]1)c1ccn(-c2ccccc2)n1. The van der Waals surface area contributed by atoms with Crippen molar-refractivity contribution in [1.82, 2.24) is 25.6 Å². The number of H-pyrrole nitrogens is 1. The molecule has 0 saturated heterocycles. The fourth-order valence-electron chi connectivity index (χ4n) is 1.89. The van der Waals surface area contributed by atoms with E-state index in [0.717, 1.165) is 5.69 Å². The standard InChI is InChI=1S/C15H13N5O2/c21-14(12-7-4-9-16-12)17-18-15(22)13-8-10-20(19-13)11-5-2-1-3-6-11/h1-10,16H,(H,17,21)(H,18,22). The highest BCUT2D eigenvalue weighted by Gasteiger charge is 2.12. The average molecular weight is 295 g/mol. The van der Waals surface area contributed by atoms with Gasteiger partial charge in [-0.05, 0) is 30.3 Å². The van der Waals surface area contributed by atoms with E-state index in [1.807, 2.05) is 30.3 Å². The number of para-hydroxylation sites is 1. The smallest absolute Gasteiger partial charge is 0.290 e. The van der Waals surface area contributed by atoms with Crippen LogP contribution >= 0.6 is 0 Å². The first-order valence-corrected chi connectivity index (χ1v) is 6.59. The predicted molar refractivity (Wildman–Crippen MR) is 79.3 cm³/mol. The number of nitrogens with one attached hydrogen (secondary N) is 3. The third-order valence-electron chi connectivity index (χ3n) is 2.97. The number of nitrogens with zero attached hydrogens (tertiary/aromatic N) is 2. The fraction of sp³-hybridized carbons (Fsp3) is 0. The van der Waals surface area contributed by atoms with Crippen molar-refractivity contribution in [1.29, 1.82) is 0 Å². The summed E-state index contributed by atoms with van der Waals surface area (Å²) in [6, 6.07) is 14.3. The van der Waals surface area contributed by atoms with Crippen LogP contribution in [0.3, 0.4) is 0 Å². The minimum atomic E-state index is -0.491. The highest BCUT2D eigenvalue weighted by Crippen LogP contribution is 2.06. The lowest BCUT2D eigenvalue weighted by molar-refractivity contribution is 0.0841. The number of aromatic amines is 1. The van der Waals surface area contributed by atoms with Crippen molar-refractivity contribution in [3.05, 3.63) is 72.3 Å². The van der Waals surface area contributed by atoms with E-state index in [0.29, 0.717) is 5.69 Å². The summed E-state index contributed by atoms with van der Waals surface area (Å²) >= 11 is 0. The van der Waals surface area contributed by atoms with Gasteiger partial charge in [0.15, 0.2) is 5.69 Å². The molecule has 110 valence electrons. The van der Waals surface area contributed by atoms with Gasteiger partial charge < -0.3 is 4.98 Å². The van der Waals surface area contributed by atoms with Crippen LogP contribution < -0.4 is 10.9 Å². The lowest BCUT2D eigenvalue weighted by Gasteiger charge is -2.04. The van der Waals surface area contributed by atoms with Crippen LogP contribution in [0, 0.1) is 0 Å². The summed E-state index contributed by atoms with van der Waals surface area (Å²) in [5.41, 5.74) is 6.04. The van der Waals surface area contributed by atoms with Gasteiger partial charge in [0.2, 0.25) is 0 Å². The number of aromatic nitrogens is 3. The molecule has 0 radical (unpaired) electrons. The largest absolute Gasteiger partial charge is 0.357 e. The van der Waals surface area contributed by atoms with Crippen LogP contribution in [0.1, 0.15) is 21.0 Å². The first-order valence-electron chi connectivity index (χ1n) is 6.59. The highest BCUT2D eigenvalue weighted by atomic mass is 16.2. The van der Waals surface area contributed by atoms with Gasteiger partial charge in [-0.25, -0.2) is 4.68 Å². The van der Waals surface area contributed by atoms with E-state index in [1.165, 1.54) is 0 Å². The Kier molecular flexibility index (Phi) is 3.69. The summed E-state index contributed by atoms with van der Waals surface area (Å²) in [6.45, 7) is 0. The predicted octanol–water partition coefficient (Wildman–Crippen LogP) is 1.28. The van der Waals surface area contributed by atoms with Gasteiger partial charge in [-0.2, -0.15) is 5.10 Å². The van der Waals surface area contributed by atoms with E-state index >= 15 is 0 Å². The summed E-state index contributed by atoms with van der Waals surface area (Å²) < 4.78 is 1.59. The van der Waals surface area contributed by atoms with E-state index in [2.05, 4.69) is 20.9 Å². The molecule has 3 aromatic rings. The van der Waals surface area contributed by atoms with Gasteiger partial charge in [-0.3, -0.25) is 20.4 Å². The molecule has 0 aliphatic heterocycles. The van der Waals surface area contributed by atoms with Crippen LogP contribution in [0.4, 0.5) is 0 Å². The number of carbonyl (C=O) groups is 2. The van der Waals surface area contributed by atoms with Crippen molar-refractivity contribution < 1.29 is 9.59 Å². The molecule has 3 rings (SSSR count). The van der Waals surface area contributed by atoms with Gasteiger partial charge in [0.25, 0.3) is 11.8 Å². The van der Waals surface area contributed by atoms with Gasteiger partial charge in [0, 0.05) is 12.4 Å². The molecule has 7 heteroatoms. The zero-order chi connectivity index (χ0) is 15.4. The number of hydrazine groups is 1. The maximum Gasteiger partial charge on any atom is 0.290 e. The van der Waals surface area contributed by atoms with Crippen molar-refractivity contribution in [2.24, 2.45) is 0 Å². The third kappa shape index (κ3) is 2.88. The summed E-state index contributed by atoms with van der Waals surface area (Å²) in [5.74, 6) is -0.921. The molecule has 0 unspecified atom stereocenters. The quantitative estimate of drug-likeness (QED) is 0.635. The summed E-state index contributed by atoms with van der Waals surface area (Å²) in [6.07, 6.45) is 3.30. The summed E-state index contributed by atoms with van der Waals surface area (Å²) in [5, 5.41) is 4.17. The Morgan fingerprint density at radius 1 is 0.955 bits per heavy atom. The molecule has 0 fully saturated rings. The Morgan fingerprint density at radius 2 is 1.73 bits per heavy atom. The highest BCUT2D eigenvalue weighted by molar-refractivity contribution is 5.97. The number of carbonyl (C=O) groups excluding carboxylic acids is 2. The zero-order valence-corrected chi connectivity index (χ0v) is 11.5. The molecule has 0 saturated carbocycles. The maximum atomic E-state index is 12.0. The number of rotatable bonds is 3. The van der Waals surface area contributed by atoms with Crippen molar-refractivity contribution in [2.45, 2.75) is 0 Å². The Balaban J connectivity index is 1.64. The molecule has 7 nitrogen and oxygen atoms in total. The van der Waals surface area contributed by atoms with Crippen molar-refractivity contribution in [3.63, 3.8) is 0 Å². The van der Waals surface area contributed by atoms with Gasteiger partial charge in [-0.1, -0.05) is 18.2 Å². The molecule has 2 amide bonds. The topological polar surface area (TPSA) is 91.8 Å². The van der Waals surface area contributed by atoms with E-state index in [9.17, 15) is 9.59 Å². The maximum absolute atomic E-state index is 12.0. The minimum Gasteiger partial charge on any atom is -0.357 e. The first-order chi connectivity index (χ1) is 10.7. The number of benzene rings is 1. The Morgan fingerprint density at radius 3 is 2.45 bits per heavy atom. The van der Waals surface area contributed by atoms with E-state index in [-0.39, 0.29) is 5.69 Å². The molecule has 2 aromatic heterocycles. The molecule has 0 aliphatic rings. The van der Waals surface area contributed by atoms with Crippen molar-refractivity contribution in [3.8, 4) is 5.69 Å².